The number of rotatable bonds is 13. The fourth-order valence-electron chi connectivity index (χ4n) is 3.25. The fourth-order valence-corrected chi connectivity index (χ4v) is 3.25. The van der Waals surface area contributed by atoms with E-state index in [9.17, 15) is 9.50 Å². The van der Waals surface area contributed by atoms with Crippen molar-refractivity contribution in [3.63, 3.8) is 0 Å². The predicted molar refractivity (Wildman–Crippen MR) is 105 cm³/mol. The first-order valence-electron chi connectivity index (χ1n) is 10.1. The second kappa shape index (κ2) is 11.7. The van der Waals surface area contributed by atoms with Crippen molar-refractivity contribution >= 4 is 0 Å². The summed E-state index contributed by atoms with van der Waals surface area (Å²) in [5, 5.41) is 11.2. The second-order valence-electron chi connectivity index (χ2n) is 7.62. The number of benzene rings is 1. The second-order valence-corrected chi connectivity index (χ2v) is 7.62. The fraction of sp³-hybridized carbons (Fsp3) is 0.727. The molecular weight excluding hydrogens is 331 g/mol. The Kier molecular flexibility index (Phi) is 10.4. The van der Waals surface area contributed by atoms with Crippen LogP contribution in [0.3, 0.4) is 0 Å². The van der Waals surface area contributed by atoms with E-state index in [1.54, 1.807) is 12.1 Å². The Morgan fingerprint density at radius 1 is 0.885 bits per heavy atom. The molecule has 0 fully saturated rings. The monoisotopic (exact) mass is 368 g/mol. The van der Waals surface area contributed by atoms with Crippen molar-refractivity contribution < 1.29 is 19.0 Å². The van der Waals surface area contributed by atoms with Crippen LogP contribution >= 0.6 is 0 Å². The van der Waals surface area contributed by atoms with Gasteiger partial charge in [0, 0.05) is 0 Å². The molecule has 0 saturated heterocycles. The van der Waals surface area contributed by atoms with Crippen LogP contribution in [-0.2, 0) is 9.47 Å². The maximum Gasteiger partial charge on any atom is 0.288 e. The maximum absolute atomic E-state index is 13.4. The van der Waals surface area contributed by atoms with Gasteiger partial charge in [0.1, 0.15) is 5.82 Å². The van der Waals surface area contributed by atoms with Crippen LogP contribution in [-0.4, -0.2) is 23.3 Å². The highest BCUT2D eigenvalue weighted by molar-refractivity contribution is 5.22. The average Bonchev–Trinajstić information content (AvgIpc) is 2.53. The zero-order valence-electron chi connectivity index (χ0n) is 17.1. The van der Waals surface area contributed by atoms with Crippen LogP contribution in [0.5, 0.6) is 0 Å². The third kappa shape index (κ3) is 8.15. The van der Waals surface area contributed by atoms with Crippen molar-refractivity contribution in [2.75, 3.05) is 0 Å². The quantitative estimate of drug-likeness (QED) is 0.335. The lowest BCUT2D eigenvalue weighted by Gasteiger charge is -2.38. The molecule has 3 nitrogen and oxygen atoms in total. The molecule has 1 rings (SSSR count). The summed E-state index contributed by atoms with van der Waals surface area (Å²) in [6.07, 6.45) is 7.35. The lowest BCUT2D eigenvalue weighted by molar-refractivity contribution is -0.393. The summed E-state index contributed by atoms with van der Waals surface area (Å²) in [7, 11) is 0. The smallest absolute Gasteiger partial charge is 0.288 e. The van der Waals surface area contributed by atoms with Gasteiger partial charge in [-0.05, 0) is 51.8 Å². The molecule has 0 aliphatic carbocycles. The molecule has 0 aliphatic heterocycles. The van der Waals surface area contributed by atoms with Crippen LogP contribution < -0.4 is 0 Å². The molecule has 0 aromatic heterocycles. The molecule has 0 bridgehead atoms. The van der Waals surface area contributed by atoms with Crippen molar-refractivity contribution in [2.24, 2.45) is 0 Å². The topological polar surface area (TPSA) is 38.7 Å². The summed E-state index contributed by atoms with van der Waals surface area (Å²) in [6, 6.07) is 6.29. The normalized spacial score (nSPS) is 13.6. The summed E-state index contributed by atoms with van der Waals surface area (Å²) >= 11 is 0. The molecule has 26 heavy (non-hydrogen) atoms. The van der Waals surface area contributed by atoms with Crippen molar-refractivity contribution in [1.82, 2.24) is 0 Å². The molecule has 0 spiro atoms. The summed E-state index contributed by atoms with van der Waals surface area (Å²) in [5.74, 6) is -2.37. The van der Waals surface area contributed by atoms with Gasteiger partial charge in [-0.15, -0.1) is 0 Å². The van der Waals surface area contributed by atoms with E-state index in [4.69, 9.17) is 9.47 Å². The zero-order valence-corrected chi connectivity index (χ0v) is 17.1. The van der Waals surface area contributed by atoms with E-state index in [1.165, 1.54) is 37.8 Å². The highest BCUT2D eigenvalue weighted by atomic mass is 19.1. The minimum atomic E-state index is -1.72. The number of aliphatic hydroxyl groups is 1. The first-order valence-corrected chi connectivity index (χ1v) is 10.1. The molecule has 1 aromatic carbocycles. The van der Waals surface area contributed by atoms with Crippen molar-refractivity contribution in [2.45, 2.75) is 104 Å². The van der Waals surface area contributed by atoms with Crippen molar-refractivity contribution in [3.05, 3.63) is 35.6 Å². The molecular formula is C22H37FO3. The Bertz CT molecular complexity index is 475. The van der Waals surface area contributed by atoms with Gasteiger partial charge in [-0.2, -0.15) is 0 Å². The van der Waals surface area contributed by atoms with E-state index >= 15 is 0 Å². The molecule has 1 aromatic rings. The van der Waals surface area contributed by atoms with Gasteiger partial charge in [0.25, 0.3) is 5.97 Å². The summed E-state index contributed by atoms with van der Waals surface area (Å²) in [4.78, 5) is 0. The largest absolute Gasteiger partial charge is 0.343 e. The van der Waals surface area contributed by atoms with E-state index < -0.39 is 5.97 Å². The van der Waals surface area contributed by atoms with Gasteiger partial charge in [0.05, 0.1) is 18.1 Å². The zero-order chi connectivity index (χ0) is 19.6. The Hall–Kier alpha value is -0.970. The first-order chi connectivity index (χ1) is 12.3. The van der Waals surface area contributed by atoms with E-state index in [1.807, 2.05) is 27.7 Å². The SMILES string of the molecule is CCCCCCCCC(c1ccc(F)cc1)C(O)(OC(C)C)OC(C)C. The summed E-state index contributed by atoms with van der Waals surface area (Å²) < 4.78 is 25.0. The molecule has 4 heteroatoms. The van der Waals surface area contributed by atoms with Crippen LogP contribution in [0.2, 0.25) is 0 Å². The molecule has 0 radical (unpaired) electrons. The minimum absolute atomic E-state index is 0.189. The summed E-state index contributed by atoms with van der Waals surface area (Å²) in [6.45, 7) is 9.71. The van der Waals surface area contributed by atoms with E-state index in [-0.39, 0.29) is 23.9 Å². The predicted octanol–water partition coefficient (Wildman–Crippen LogP) is 6.16. The minimum Gasteiger partial charge on any atom is -0.343 e. The molecule has 1 N–H and O–H groups in total. The number of hydrogen-bond donors (Lipinski definition) is 1. The molecule has 1 atom stereocenters. The number of ether oxygens (including phenoxy) is 2. The lowest BCUT2D eigenvalue weighted by atomic mass is 9.90. The van der Waals surface area contributed by atoms with Gasteiger partial charge in [0.15, 0.2) is 0 Å². The Balaban J connectivity index is 2.93. The molecule has 0 aliphatic rings. The third-order valence-corrected chi connectivity index (χ3v) is 4.37. The maximum atomic E-state index is 13.4. The van der Waals surface area contributed by atoms with Crippen LogP contribution in [0.4, 0.5) is 4.39 Å². The molecule has 150 valence electrons. The molecule has 0 saturated carbocycles. The number of unbranched alkanes of at least 4 members (excludes halogenated alkanes) is 5. The summed E-state index contributed by atoms with van der Waals surface area (Å²) in [5.41, 5.74) is 0.837. The van der Waals surface area contributed by atoms with Crippen LogP contribution in [0, 0.1) is 5.82 Å². The number of halogens is 1. The van der Waals surface area contributed by atoms with E-state index in [0.717, 1.165) is 24.8 Å². The molecule has 0 heterocycles. The average molecular weight is 369 g/mol. The van der Waals surface area contributed by atoms with E-state index in [0.29, 0.717) is 0 Å². The van der Waals surface area contributed by atoms with Gasteiger partial charge in [0.2, 0.25) is 0 Å². The first kappa shape index (κ1) is 23.1. The highest BCUT2D eigenvalue weighted by Crippen LogP contribution is 2.37. The Morgan fingerprint density at radius 2 is 1.38 bits per heavy atom. The Labute approximate surface area is 158 Å². The van der Waals surface area contributed by atoms with Gasteiger partial charge in [-0.1, -0.05) is 57.6 Å². The Morgan fingerprint density at radius 3 is 1.88 bits per heavy atom. The van der Waals surface area contributed by atoms with Gasteiger partial charge >= 0.3 is 0 Å². The van der Waals surface area contributed by atoms with Gasteiger partial charge < -0.3 is 14.6 Å². The molecule has 0 amide bonds. The van der Waals surface area contributed by atoms with Crippen LogP contribution in [0.25, 0.3) is 0 Å². The molecule has 1 unspecified atom stereocenters. The standard InChI is InChI=1S/C22H37FO3/c1-6-7-8-9-10-11-12-21(19-13-15-20(23)16-14-19)22(24,25-17(2)3)26-18(4)5/h13-18,21,24H,6-12H2,1-5H3. The van der Waals surface area contributed by atoms with E-state index in [2.05, 4.69) is 6.92 Å². The highest BCUT2D eigenvalue weighted by Gasteiger charge is 2.41. The van der Waals surface area contributed by atoms with Gasteiger partial charge in [-0.3, -0.25) is 0 Å². The van der Waals surface area contributed by atoms with Crippen LogP contribution in [0.1, 0.15) is 91.0 Å². The number of hydrogen-bond acceptors (Lipinski definition) is 3. The van der Waals surface area contributed by atoms with Crippen molar-refractivity contribution in [1.29, 1.82) is 0 Å². The third-order valence-electron chi connectivity index (χ3n) is 4.37. The van der Waals surface area contributed by atoms with Gasteiger partial charge in [-0.25, -0.2) is 4.39 Å². The van der Waals surface area contributed by atoms with Crippen LogP contribution in [0.15, 0.2) is 24.3 Å². The lowest BCUT2D eigenvalue weighted by Crippen LogP contribution is -2.45. The van der Waals surface area contributed by atoms with Crippen molar-refractivity contribution in [3.8, 4) is 0 Å².